The molecule has 24 heavy (non-hydrogen) atoms. The Morgan fingerprint density at radius 2 is 1.88 bits per heavy atom. The normalized spacial score (nSPS) is 11.7. The molecule has 3 aromatic rings. The number of aryl methyl sites for hydroxylation is 1. The summed E-state index contributed by atoms with van der Waals surface area (Å²) in [5.74, 6) is 0.383. The van der Waals surface area contributed by atoms with Crippen molar-refractivity contribution in [2.75, 3.05) is 0 Å². The van der Waals surface area contributed by atoms with Crippen molar-refractivity contribution in [1.82, 2.24) is 14.8 Å². The van der Waals surface area contributed by atoms with Crippen LogP contribution in [0.5, 0.6) is 0 Å². The Balaban J connectivity index is 1.80. The van der Waals surface area contributed by atoms with Crippen LogP contribution < -0.4 is 0 Å². The lowest BCUT2D eigenvalue weighted by molar-refractivity contribution is -0.137. The second-order valence-electron chi connectivity index (χ2n) is 5.26. The van der Waals surface area contributed by atoms with E-state index in [4.69, 9.17) is 0 Å². The van der Waals surface area contributed by atoms with Gasteiger partial charge in [0.05, 0.1) is 11.3 Å². The molecule has 0 spiro atoms. The molecule has 7 heteroatoms. The Labute approximate surface area is 141 Å². The van der Waals surface area contributed by atoms with Gasteiger partial charge >= 0.3 is 6.18 Å². The summed E-state index contributed by atoms with van der Waals surface area (Å²) in [6, 6.07) is 13.1. The van der Waals surface area contributed by atoms with Gasteiger partial charge in [0.2, 0.25) is 0 Å². The van der Waals surface area contributed by atoms with Crippen molar-refractivity contribution >= 4 is 11.8 Å². The standard InChI is InChI=1S/C17H14F3N3S/c1-12-5-2-3-8-15(12)23-11-21-22-16(23)24-10-13-6-4-7-14(9-13)17(18,19)20/h2-9,11H,10H2,1H3. The molecule has 1 aromatic heterocycles. The van der Waals surface area contributed by atoms with E-state index in [1.54, 1.807) is 12.4 Å². The summed E-state index contributed by atoms with van der Waals surface area (Å²) in [5, 5.41) is 8.63. The predicted molar refractivity (Wildman–Crippen MR) is 87.1 cm³/mol. The van der Waals surface area contributed by atoms with Crippen LogP contribution in [-0.2, 0) is 11.9 Å². The fraction of sp³-hybridized carbons (Fsp3) is 0.176. The minimum atomic E-state index is -4.33. The first-order valence-corrected chi connectivity index (χ1v) is 8.18. The number of para-hydroxylation sites is 1. The van der Waals surface area contributed by atoms with Crippen molar-refractivity contribution in [2.45, 2.75) is 24.0 Å². The summed E-state index contributed by atoms with van der Waals surface area (Å²) in [6.07, 6.45) is -2.72. The van der Waals surface area contributed by atoms with E-state index in [-0.39, 0.29) is 0 Å². The molecule has 1 heterocycles. The Morgan fingerprint density at radius 1 is 1.08 bits per heavy atom. The number of hydrogen-bond donors (Lipinski definition) is 0. The first-order chi connectivity index (χ1) is 11.4. The minimum Gasteiger partial charge on any atom is -0.276 e. The maximum atomic E-state index is 12.8. The molecule has 0 N–H and O–H groups in total. The minimum absolute atomic E-state index is 0.383. The summed E-state index contributed by atoms with van der Waals surface area (Å²) in [4.78, 5) is 0. The zero-order valence-corrected chi connectivity index (χ0v) is 13.6. The van der Waals surface area contributed by atoms with Gasteiger partial charge in [0.15, 0.2) is 5.16 Å². The maximum absolute atomic E-state index is 12.8. The summed E-state index contributed by atoms with van der Waals surface area (Å²) in [7, 11) is 0. The van der Waals surface area contributed by atoms with Crippen molar-refractivity contribution in [3.63, 3.8) is 0 Å². The zero-order chi connectivity index (χ0) is 17.2. The highest BCUT2D eigenvalue weighted by molar-refractivity contribution is 7.98. The monoisotopic (exact) mass is 349 g/mol. The van der Waals surface area contributed by atoms with Gasteiger partial charge in [-0.3, -0.25) is 4.57 Å². The fourth-order valence-corrected chi connectivity index (χ4v) is 3.17. The third-order valence-corrected chi connectivity index (χ3v) is 4.53. The number of halogens is 3. The molecule has 3 nitrogen and oxygen atoms in total. The first-order valence-electron chi connectivity index (χ1n) is 7.20. The number of thioether (sulfide) groups is 1. The molecule has 0 saturated carbocycles. The van der Waals surface area contributed by atoms with E-state index in [1.165, 1.54) is 23.9 Å². The molecular formula is C17H14F3N3S. The molecule has 0 unspecified atom stereocenters. The molecule has 0 atom stereocenters. The van der Waals surface area contributed by atoms with Gasteiger partial charge in [0.25, 0.3) is 0 Å². The average Bonchev–Trinajstić information content (AvgIpc) is 3.01. The van der Waals surface area contributed by atoms with Crippen LogP contribution >= 0.6 is 11.8 Å². The van der Waals surface area contributed by atoms with Crippen LogP contribution in [0, 0.1) is 6.92 Å². The molecule has 0 aliphatic carbocycles. The second kappa shape index (κ2) is 6.68. The molecule has 0 amide bonds. The maximum Gasteiger partial charge on any atom is 0.416 e. The number of aromatic nitrogens is 3. The van der Waals surface area contributed by atoms with Crippen LogP contribution in [0.1, 0.15) is 16.7 Å². The van der Waals surface area contributed by atoms with Crippen molar-refractivity contribution in [3.8, 4) is 5.69 Å². The molecule has 0 radical (unpaired) electrons. The lowest BCUT2D eigenvalue weighted by Gasteiger charge is -2.10. The molecule has 124 valence electrons. The Kier molecular flexibility index (Phi) is 4.62. The molecule has 0 saturated heterocycles. The second-order valence-corrected chi connectivity index (χ2v) is 6.20. The van der Waals surface area contributed by atoms with Gasteiger partial charge < -0.3 is 0 Å². The van der Waals surface area contributed by atoms with Crippen LogP contribution in [0.4, 0.5) is 13.2 Å². The molecule has 0 aliphatic rings. The van der Waals surface area contributed by atoms with Crippen molar-refractivity contribution in [3.05, 3.63) is 71.5 Å². The average molecular weight is 349 g/mol. The van der Waals surface area contributed by atoms with Crippen molar-refractivity contribution in [2.24, 2.45) is 0 Å². The highest BCUT2D eigenvalue weighted by atomic mass is 32.2. The molecule has 0 bridgehead atoms. The third-order valence-electron chi connectivity index (χ3n) is 3.51. The van der Waals surface area contributed by atoms with Crippen LogP contribution in [0.25, 0.3) is 5.69 Å². The number of alkyl halides is 3. The van der Waals surface area contributed by atoms with Gasteiger partial charge in [-0.15, -0.1) is 10.2 Å². The van der Waals surface area contributed by atoms with Crippen molar-refractivity contribution < 1.29 is 13.2 Å². The quantitative estimate of drug-likeness (QED) is 0.629. The third kappa shape index (κ3) is 3.62. The molecule has 0 fully saturated rings. The zero-order valence-electron chi connectivity index (χ0n) is 12.8. The van der Waals surface area contributed by atoms with Gasteiger partial charge in [0.1, 0.15) is 6.33 Å². The summed E-state index contributed by atoms with van der Waals surface area (Å²) in [6.45, 7) is 1.98. The van der Waals surface area contributed by atoms with E-state index in [1.807, 2.05) is 35.8 Å². The summed E-state index contributed by atoms with van der Waals surface area (Å²) >= 11 is 1.35. The number of rotatable bonds is 4. The SMILES string of the molecule is Cc1ccccc1-n1cnnc1SCc1cccc(C(F)(F)F)c1. The van der Waals surface area contributed by atoms with Crippen LogP contribution in [-0.4, -0.2) is 14.8 Å². The molecule has 2 aromatic carbocycles. The van der Waals surface area contributed by atoms with E-state index in [0.717, 1.165) is 17.3 Å². The van der Waals surface area contributed by atoms with E-state index in [2.05, 4.69) is 10.2 Å². The molecule has 0 aliphatic heterocycles. The van der Waals surface area contributed by atoms with Crippen LogP contribution in [0.15, 0.2) is 60.0 Å². The molecular weight excluding hydrogens is 335 g/mol. The Morgan fingerprint density at radius 3 is 2.62 bits per heavy atom. The highest BCUT2D eigenvalue weighted by Gasteiger charge is 2.30. The van der Waals surface area contributed by atoms with Gasteiger partial charge in [-0.05, 0) is 30.2 Å². The predicted octanol–water partition coefficient (Wildman–Crippen LogP) is 4.89. The lowest BCUT2D eigenvalue weighted by Crippen LogP contribution is -2.05. The summed E-state index contributed by atoms with van der Waals surface area (Å²) < 4.78 is 40.2. The Hall–Kier alpha value is -2.28. The van der Waals surface area contributed by atoms with Gasteiger partial charge in [-0.1, -0.05) is 48.2 Å². The first kappa shape index (κ1) is 16.6. The highest BCUT2D eigenvalue weighted by Crippen LogP contribution is 2.31. The van der Waals surface area contributed by atoms with Gasteiger partial charge in [0, 0.05) is 5.75 Å². The van der Waals surface area contributed by atoms with Gasteiger partial charge in [-0.2, -0.15) is 13.2 Å². The van der Waals surface area contributed by atoms with E-state index in [9.17, 15) is 13.2 Å². The Bertz CT molecular complexity index is 843. The van der Waals surface area contributed by atoms with E-state index in [0.29, 0.717) is 16.5 Å². The topological polar surface area (TPSA) is 30.7 Å². The van der Waals surface area contributed by atoms with Crippen LogP contribution in [0.2, 0.25) is 0 Å². The fourth-order valence-electron chi connectivity index (χ4n) is 2.31. The number of benzene rings is 2. The van der Waals surface area contributed by atoms with Crippen LogP contribution in [0.3, 0.4) is 0 Å². The van der Waals surface area contributed by atoms with E-state index >= 15 is 0 Å². The lowest BCUT2D eigenvalue weighted by atomic mass is 10.1. The van der Waals surface area contributed by atoms with Crippen molar-refractivity contribution in [1.29, 1.82) is 0 Å². The van der Waals surface area contributed by atoms with E-state index < -0.39 is 11.7 Å². The summed E-state index contributed by atoms with van der Waals surface area (Å²) in [5.41, 5.74) is 1.97. The number of nitrogens with zero attached hydrogens (tertiary/aromatic N) is 3. The smallest absolute Gasteiger partial charge is 0.276 e. The molecule has 3 rings (SSSR count). The van der Waals surface area contributed by atoms with Gasteiger partial charge in [-0.25, -0.2) is 0 Å². The largest absolute Gasteiger partial charge is 0.416 e. The number of hydrogen-bond acceptors (Lipinski definition) is 3.